The maximum absolute atomic E-state index is 4.14. The Morgan fingerprint density at radius 2 is 2.23 bits per heavy atom. The fourth-order valence-corrected chi connectivity index (χ4v) is 1.10. The number of rotatable bonds is 2. The van der Waals surface area contributed by atoms with Crippen molar-refractivity contribution in [1.29, 1.82) is 0 Å². The van der Waals surface area contributed by atoms with Crippen molar-refractivity contribution >= 4 is 11.6 Å². The highest BCUT2D eigenvalue weighted by atomic mass is 15.3. The van der Waals surface area contributed by atoms with Crippen LogP contribution in [0.15, 0.2) is 24.8 Å². The number of aromatic nitrogens is 4. The first-order valence-corrected chi connectivity index (χ1v) is 3.99. The molecule has 0 unspecified atom stereocenters. The lowest BCUT2D eigenvalue weighted by molar-refractivity contribution is 0.768. The standard InChI is InChI=1S/C8H11N5/c1-12-4-3-9-8(12)11-7-5-10-13(2)6-7/h3-6H,1-2H3,(H,9,11). The van der Waals surface area contributed by atoms with Crippen LogP contribution < -0.4 is 5.32 Å². The normalized spacial score (nSPS) is 10.3. The van der Waals surface area contributed by atoms with E-state index in [9.17, 15) is 0 Å². The quantitative estimate of drug-likeness (QED) is 0.741. The SMILES string of the molecule is Cn1cc(Nc2nccn2C)cn1. The van der Waals surface area contributed by atoms with Gasteiger partial charge in [0.05, 0.1) is 11.9 Å². The number of nitrogens with one attached hydrogen (secondary N) is 1. The summed E-state index contributed by atoms with van der Waals surface area (Å²) < 4.78 is 3.65. The summed E-state index contributed by atoms with van der Waals surface area (Å²) in [5, 5.41) is 7.19. The van der Waals surface area contributed by atoms with Crippen LogP contribution in [-0.4, -0.2) is 19.3 Å². The third-order valence-electron chi connectivity index (χ3n) is 1.78. The number of nitrogens with zero attached hydrogens (tertiary/aromatic N) is 4. The zero-order valence-corrected chi connectivity index (χ0v) is 7.60. The molecule has 2 heterocycles. The van der Waals surface area contributed by atoms with Gasteiger partial charge in [0.25, 0.3) is 0 Å². The molecule has 0 radical (unpaired) electrons. The van der Waals surface area contributed by atoms with Gasteiger partial charge in [0.1, 0.15) is 0 Å². The molecular weight excluding hydrogens is 166 g/mol. The Bertz CT molecular complexity index is 400. The molecule has 2 aromatic heterocycles. The molecule has 0 saturated heterocycles. The maximum Gasteiger partial charge on any atom is 0.207 e. The van der Waals surface area contributed by atoms with Crippen molar-refractivity contribution in [2.24, 2.45) is 14.1 Å². The van der Waals surface area contributed by atoms with Crippen molar-refractivity contribution in [2.45, 2.75) is 0 Å². The van der Waals surface area contributed by atoms with E-state index < -0.39 is 0 Å². The summed E-state index contributed by atoms with van der Waals surface area (Å²) in [5.41, 5.74) is 0.941. The summed E-state index contributed by atoms with van der Waals surface area (Å²) in [7, 11) is 3.81. The molecule has 5 heteroatoms. The molecule has 1 N–H and O–H groups in total. The minimum atomic E-state index is 0.813. The summed E-state index contributed by atoms with van der Waals surface area (Å²) in [6, 6.07) is 0. The molecule has 5 nitrogen and oxygen atoms in total. The zero-order valence-electron chi connectivity index (χ0n) is 7.60. The first kappa shape index (κ1) is 7.85. The van der Waals surface area contributed by atoms with Gasteiger partial charge < -0.3 is 9.88 Å². The minimum Gasteiger partial charge on any atom is -0.323 e. The Labute approximate surface area is 76.0 Å². The van der Waals surface area contributed by atoms with Crippen LogP contribution in [0.25, 0.3) is 0 Å². The second-order valence-electron chi connectivity index (χ2n) is 2.89. The van der Waals surface area contributed by atoms with Crippen LogP contribution in [0.2, 0.25) is 0 Å². The third kappa shape index (κ3) is 1.53. The van der Waals surface area contributed by atoms with Crippen molar-refractivity contribution in [3.63, 3.8) is 0 Å². The number of imidazole rings is 1. The van der Waals surface area contributed by atoms with E-state index in [0.29, 0.717) is 0 Å². The second kappa shape index (κ2) is 2.93. The predicted octanol–water partition coefficient (Wildman–Crippen LogP) is 0.897. The second-order valence-corrected chi connectivity index (χ2v) is 2.89. The Hall–Kier alpha value is -1.78. The molecule has 0 fully saturated rings. The maximum atomic E-state index is 4.14. The number of anilines is 2. The van der Waals surface area contributed by atoms with Gasteiger partial charge in [0.15, 0.2) is 0 Å². The summed E-state index contributed by atoms with van der Waals surface area (Å²) in [5.74, 6) is 0.813. The first-order valence-electron chi connectivity index (χ1n) is 3.99. The molecule has 0 atom stereocenters. The molecule has 0 bridgehead atoms. The van der Waals surface area contributed by atoms with Crippen LogP contribution >= 0.6 is 0 Å². The van der Waals surface area contributed by atoms with Gasteiger partial charge >= 0.3 is 0 Å². The molecule has 2 aromatic rings. The van der Waals surface area contributed by atoms with E-state index in [-0.39, 0.29) is 0 Å². The smallest absolute Gasteiger partial charge is 0.207 e. The minimum absolute atomic E-state index is 0.813. The van der Waals surface area contributed by atoms with E-state index in [1.165, 1.54) is 0 Å². The molecular formula is C8H11N5. The molecule has 0 saturated carbocycles. The van der Waals surface area contributed by atoms with Crippen LogP contribution in [-0.2, 0) is 14.1 Å². The summed E-state index contributed by atoms with van der Waals surface area (Å²) in [6.07, 6.45) is 7.29. The lowest BCUT2D eigenvalue weighted by atomic mass is 10.6. The highest BCUT2D eigenvalue weighted by Crippen LogP contribution is 2.11. The van der Waals surface area contributed by atoms with Gasteiger partial charge in [0.2, 0.25) is 5.95 Å². The van der Waals surface area contributed by atoms with Crippen LogP contribution in [0.3, 0.4) is 0 Å². The van der Waals surface area contributed by atoms with E-state index in [1.807, 2.05) is 31.1 Å². The van der Waals surface area contributed by atoms with Crippen LogP contribution in [0.1, 0.15) is 0 Å². The van der Waals surface area contributed by atoms with Crippen LogP contribution in [0, 0.1) is 0 Å². The lowest BCUT2D eigenvalue weighted by Crippen LogP contribution is -1.97. The molecule has 13 heavy (non-hydrogen) atoms. The highest BCUT2D eigenvalue weighted by Gasteiger charge is 2.00. The van der Waals surface area contributed by atoms with Gasteiger partial charge in [0, 0.05) is 32.7 Å². The topological polar surface area (TPSA) is 47.7 Å². The average molecular weight is 177 g/mol. The monoisotopic (exact) mass is 177 g/mol. The van der Waals surface area contributed by atoms with E-state index in [2.05, 4.69) is 15.4 Å². The summed E-state index contributed by atoms with van der Waals surface area (Å²) >= 11 is 0. The zero-order chi connectivity index (χ0) is 9.26. The van der Waals surface area contributed by atoms with Gasteiger partial charge in [-0.1, -0.05) is 0 Å². The predicted molar refractivity (Wildman–Crippen MR) is 49.7 cm³/mol. The Kier molecular flexibility index (Phi) is 1.77. The molecule has 0 aromatic carbocycles. The molecule has 0 amide bonds. The van der Waals surface area contributed by atoms with E-state index in [0.717, 1.165) is 11.6 Å². The molecule has 0 aliphatic rings. The van der Waals surface area contributed by atoms with Gasteiger partial charge in [-0.2, -0.15) is 5.10 Å². The molecule has 68 valence electrons. The van der Waals surface area contributed by atoms with Crippen molar-refractivity contribution in [3.8, 4) is 0 Å². The third-order valence-corrected chi connectivity index (χ3v) is 1.78. The number of hydrogen-bond donors (Lipinski definition) is 1. The number of hydrogen-bond acceptors (Lipinski definition) is 3. The Morgan fingerprint density at radius 1 is 1.38 bits per heavy atom. The highest BCUT2D eigenvalue weighted by molar-refractivity contribution is 5.50. The van der Waals surface area contributed by atoms with Crippen molar-refractivity contribution in [1.82, 2.24) is 19.3 Å². The van der Waals surface area contributed by atoms with Crippen molar-refractivity contribution in [3.05, 3.63) is 24.8 Å². The first-order chi connectivity index (χ1) is 6.25. The van der Waals surface area contributed by atoms with E-state index in [4.69, 9.17) is 0 Å². The fraction of sp³-hybridized carbons (Fsp3) is 0.250. The van der Waals surface area contributed by atoms with Gasteiger partial charge in [-0.3, -0.25) is 4.68 Å². The molecule has 0 aliphatic heterocycles. The summed E-state index contributed by atoms with van der Waals surface area (Å²) in [4.78, 5) is 4.14. The number of aryl methyl sites for hydroxylation is 2. The largest absolute Gasteiger partial charge is 0.323 e. The molecule has 0 aliphatic carbocycles. The Morgan fingerprint density at radius 3 is 2.77 bits per heavy atom. The van der Waals surface area contributed by atoms with E-state index >= 15 is 0 Å². The van der Waals surface area contributed by atoms with Gasteiger partial charge in [-0.15, -0.1) is 0 Å². The van der Waals surface area contributed by atoms with Crippen LogP contribution in [0.4, 0.5) is 11.6 Å². The van der Waals surface area contributed by atoms with Crippen LogP contribution in [0.5, 0.6) is 0 Å². The molecule has 2 rings (SSSR count). The molecule has 0 spiro atoms. The average Bonchev–Trinajstić information content (AvgIpc) is 2.64. The lowest BCUT2D eigenvalue weighted by Gasteiger charge is -2.01. The summed E-state index contributed by atoms with van der Waals surface area (Å²) in [6.45, 7) is 0. The van der Waals surface area contributed by atoms with Crippen molar-refractivity contribution in [2.75, 3.05) is 5.32 Å². The van der Waals surface area contributed by atoms with Gasteiger partial charge in [-0.25, -0.2) is 4.98 Å². The Balaban J connectivity index is 2.19. The fourth-order valence-electron chi connectivity index (χ4n) is 1.10. The van der Waals surface area contributed by atoms with Gasteiger partial charge in [-0.05, 0) is 0 Å². The van der Waals surface area contributed by atoms with E-state index in [1.54, 1.807) is 17.1 Å². The van der Waals surface area contributed by atoms with Crippen molar-refractivity contribution < 1.29 is 0 Å².